The molecule has 3 N–H and O–H groups in total. The van der Waals surface area contributed by atoms with Crippen LogP contribution in [0.4, 0.5) is 0 Å². The van der Waals surface area contributed by atoms with E-state index in [1.54, 1.807) is 12.3 Å². The summed E-state index contributed by atoms with van der Waals surface area (Å²) in [6, 6.07) is 12.2. The highest BCUT2D eigenvalue weighted by Crippen LogP contribution is 2.33. The quantitative estimate of drug-likeness (QED) is 0.458. The zero-order valence-corrected chi connectivity index (χ0v) is 17.8. The molecule has 1 saturated heterocycles. The minimum atomic E-state index is -0.151. The number of carbonyl (C=O) groups is 1. The van der Waals surface area contributed by atoms with Crippen LogP contribution < -0.4 is 16.0 Å². The van der Waals surface area contributed by atoms with Crippen LogP contribution in [0.1, 0.15) is 42.8 Å². The van der Waals surface area contributed by atoms with Crippen molar-refractivity contribution >= 4 is 11.9 Å². The van der Waals surface area contributed by atoms with Gasteiger partial charge in [-0.3, -0.25) is 4.79 Å². The number of nitrogens with zero attached hydrogens (tertiary/aromatic N) is 1. The van der Waals surface area contributed by atoms with Gasteiger partial charge in [0.1, 0.15) is 12.3 Å². The van der Waals surface area contributed by atoms with Crippen LogP contribution in [0.15, 0.2) is 52.1 Å². The first-order chi connectivity index (χ1) is 14.7. The number of furan rings is 1. The molecule has 0 aliphatic carbocycles. The predicted molar refractivity (Wildman–Crippen MR) is 117 cm³/mol. The molecule has 2 heterocycles. The van der Waals surface area contributed by atoms with Gasteiger partial charge in [-0.05, 0) is 44.4 Å². The summed E-state index contributed by atoms with van der Waals surface area (Å²) in [6.07, 6.45) is 3.81. The Kier molecular flexibility index (Phi) is 8.32. The molecule has 1 aromatic carbocycles. The van der Waals surface area contributed by atoms with E-state index in [-0.39, 0.29) is 18.6 Å². The summed E-state index contributed by atoms with van der Waals surface area (Å²) in [4.78, 5) is 16.5. The minimum Gasteiger partial charge on any atom is -0.467 e. The summed E-state index contributed by atoms with van der Waals surface area (Å²) in [6.45, 7) is 6.77. The summed E-state index contributed by atoms with van der Waals surface area (Å²) in [5.74, 6) is 1.55. The fraction of sp³-hybridized carbons (Fsp3) is 0.478. The Labute approximate surface area is 178 Å². The zero-order valence-electron chi connectivity index (χ0n) is 17.8. The molecule has 1 fully saturated rings. The molecule has 7 heteroatoms. The second-order valence-corrected chi connectivity index (χ2v) is 7.54. The molecular formula is C23H32N4O3. The van der Waals surface area contributed by atoms with E-state index in [9.17, 15) is 4.79 Å². The maximum absolute atomic E-state index is 12.1. The highest BCUT2D eigenvalue weighted by molar-refractivity contribution is 5.84. The molecule has 3 rings (SSSR count). The molecule has 1 aromatic heterocycles. The topological polar surface area (TPSA) is 87.9 Å². The monoisotopic (exact) mass is 412 g/mol. The van der Waals surface area contributed by atoms with Crippen LogP contribution in [0.25, 0.3) is 0 Å². The van der Waals surface area contributed by atoms with Gasteiger partial charge in [0.05, 0.1) is 18.9 Å². The van der Waals surface area contributed by atoms with Gasteiger partial charge in [-0.25, -0.2) is 4.99 Å². The van der Waals surface area contributed by atoms with E-state index in [2.05, 4.69) is 52.1 Å². The zero-order chi connectivity index (χ0) is 21.2. The number of guanidine groups is 1. The number of benzene rings is 1. The fourth-order valence-electron chi connectivity index (χ4n) is 3.55. The Hall–Kier alpha value is -2.80. The van der Waals surface area contributed by atoms with E-state index >= 15 is 0 Å². The third-order valence-electron chi connectivity index (χ3n) is 5.15. The lowest BCUT2D eigenvalue weighted by molar-refractivity contribution is -0.119. The lowest BCUT2D eigenvalue weighted by Crippen LogP contribution is -2.42. The average molecular weight is 413 g/mol. The molecule has 1 amide bonds. The van der Waals surface area contributed by atoms with E-state index < -0.39 is 0 Å². The maximum Gasteiger partial charge on any atom is 0.242 e. The van der Waals surface area contributed by atoms with E-state index in [0.29, 0.717) is 18.4 Å². The molecule has 0 radical (unpaired) electrons. The molecule has 1 aliphatic rings. The van der Waals surface area contributed by atoms with Crippen LogP contribution in [-0.2, 0) is 16.1 Å². The number of hydrogen-bond acceptors (Lipinski definition) is 4. The normalized spacial score (nSPS) is 19.3. The second-order valence-electron chi connectivity index (χ2n) is 7.54. The summed E-state index contributed by atoms with van der Waals surface area (Å²) in [5, 5.41) is 9.40. The number of amides is 1. The van der Waals surface area contributed by atoms with E-state index in [1.165, 1.54) is 11.1 Å². The number of nitrogens with one attached hydrogen (secondary N) is 3. The van der Waals surface area contributed by atoms with Crippen molar-refractivity contribution in [2.24, 2.45) is 10.9 Å². The van der Waals surface area contributed by atoms with Crippen molar-refractivity contribution in [3.05, 3.63) is 59.5 Å². The van der Waals surface area contributed by atoms with E-state index in [1.807, 2.05) is 13.0 Å². The van der Waals surface area contributed by atoms with Crippen molar-refractivity contribution in [1.82, 2.24) is 16.0 Å². The number of hydrogen-bond donors (Lipinski definition) is 3. The SMILES string of the molecule is CCNC(=NCC(=O)NCc1ccco1)NCC1CCCOC1c1ccc(C)cc1. The molecule has 162 valence electrons. The van der Waals surface area contributed by atoms with Crippen LogP contribution in [0, 0.1) is 12.8 Å². The van der Waals surface area contributed by atoms with Crippen LogP contribution >= 0.6 is 0 Å². The van der Waals surface area contributed by atoms with Crippen molar-refractivity contribution in [2.75, 3.05) is 26.2 Å². The van der Waals surface area contributed by atoms with Gasteiger partial charge in [0.25, 0.3) is 0 Å². The highest BCUT2D eigenvalue weighted by Gasteiger charge is 2.27. The molecule has 30 heavy (non-hydrogen) atoms. The molecule has 0 saturated carbocycles. The average Bonchev–Trinajstić information content (AvgIpc) is 3.29. The highest BCUT2D eigenvalue weighted by atomic mass is 16.5. The standard InChI is InChI=1S/C23H32N4O3/c1-3-24-23(27-16-21(28)25-15-20-7-5-12-29-20)26-14-19-6-4-13-30-22(19)18-10-8-17(2)9-11-18/h5,7-12,19,22H,3-4,6,13-16H2,1-2H3,(H,25,28)(H2,24,26,27). The van der Waals surface area contributed by atoms with Crippen LogP contribution in [-0.4, -0.2) is 38.1 Å². The van der Waals surface area contributed by atoms with E-state index in [4.69, 9.17) is 9.15 Å². The van der Waals surface area contributed by atoms with Gasteiger partial charge in [0.2, 0.25) is 5.91 Å². The second kappa shape index (κ2) is 11.4. The van der Waals surface area contributed by atoms with E-state index in [0.717, 1.165) is 38.3 Å². The first-order valence-electron chi connectivity index (χ1n) is 10.6. The van der Waals surface area contributed by atoms with Gasteiger partial charge >= 0.3 is 0 Å². The molecule has 2 aromatic rings. The Balaban J connectivity index is 1.53. The summed E-state index contributed by atoms with van der Waals surface area (Å²) < 4.78 is 11.3. The summed E-state index contributed by atoms with van der Waals surface area (Å²) in [7, 11) is 0. The van der Waals surface area contributed by atoms with Gasteiger partial charge in [0.15, 0.2) is 5.96 Å². The van der Waals surface area contributed by atoms with Gasteiger partial charge in [-0.1, -0.05) is 29.8 Å². The molecule has 0 spiro atoms. The van der Waals surface area contributed by atoms with Crippen molar-refractivity contribution < 1.29 is 13.9 Å². The molecule has 2 unspecified atom stereocenters. The number of rotatable bonds is 8. The summed E-state index contributed by atoms with van der Waals surface area (Å²) in [5.41, 5.74) is 2.46. The van der Waals surface area contributed by atoms with Gasteiger partial charge in [-0.15, -0.1) is 0 Å². The smallest absolute Gasteiger partial charge is 0.242 e. The van der Waals surface area contributed by atoms with Crippen LogP contribution in [0.3, 0.4) is 0 Å². The largest absolute Gasteiger partial charge is 0.467 e. The minimum absolute atomic E-state index is 0.0542. The molecule has 2 atom stereocenters. The fourth-order valence-corrected chi connectivity index (χ4v) is 3.55. The Bertz CT molecular complexity index is 802. The lowest BCUT2D eigenvalue weighted by atomic mass is 9.89. The number of aryl methyl sites for hydroxylation is 1. The molecule has 1 aliphatic heterocycles. The third kappa shape index (κ3) is 6.62. The number of aliphatic imine (C=N–C) groups is 1. The maximum atomic E-state index is 12.1. The first-order valence-corrected chi connectivity index (χ1v) is 10.6. The van der Waals surface area contributed by atoms with Gasteiger partial charge in [0, 0.05) is 25.6 Å². The van der Waals surface area contributed by atoms with Crippen LogP contribution in [0.2, 0.25) is 0 Å². The summed E-state index contributed by atoms with van der Waals surface area (Å²) >= 11 is 0. The van der Waals surface area contributed by atoms with Crippen LogP contribution in [0.5, 0.6) is 0 Å². The third-order valence-corrected chi connectivity index (χ3v) is 5.15. The lowest BCUT2D eigenvalue weighted by Gasteiger charge is -2.32. The van der Waals surface area contributed by atoms with Crippen molar-refractivity contribution in [3.8, 4) is 0 Å². The van der Waals surface area contributed by atoms with Gasteiger partial charge < -0.3 is 25.1 Å². The molecule has 7 nitrogen and oxygen atoms in total. The molecular weight excluding hydrogens is 380 g/mol. The van der Waals surface area contributed by atoms with Crippen molar-refractivity contribution in [1.29, 1.82) is 0 Å². The van der Waals surface area contributed by atoms with Gasteiger partial charge in [-0.2, -0.15) is 0 Å². The number of carbonyl (C=O) groups excluding carboxylic acids is 1. The first kappa shape index (κ1) is 21.9. The number of ether oxygens (including phenoxy) is 1. The Morgan fingerprint density at radius 1 is 1.17 bits per heavy atom. The Morgan fingerprint density at radius 3 is 2.73 bits per heavy atom. The van der Waals surface area contributed by atoms with Crippen molar-refractivity contribution in [2.45, 2.75) is 39.3 Å². The Morgan fingerprint density at radius 2 is 2.00 bits per heavy atom. The predicted octanol–water partition coefficient (Wildman–Crippen LogP) is 2.93. The molecule has 0 bridgehead atoms. The van der Waals surface area contributed by atoms with Crippen molar-refractivity contribution in [3.63, 3.8) is 0 Å².